The molecule has 2 aromatic heterocycles. The van der Waals surface area contributed by atoms with Crippen LogP contribution in [0.15, 0.2) is 41.1 Å². The molecule has 0 unspecified atom stereocenters. The van der Waals surface area contributed by atoms with Crippen LogP contribution in [0.2, 0.25) is 0 Å². The minimum atomic E-state index is 0.579. The number of thiazole rings is 1. The third-order valence-electron chi connectivity index (χ3n) is 5.63. The first kappa shape index (κ1) is 18.9. The molecule has 0 amide bonds. The van der Waals surface area contributed by atoms with E-state index in [9.17, 15) is 0 Å². The molecule has 0 spiro atoms. The third-order valence-corrected chi connectivity index (χ3v) is 7.20. The Balaban J connectivity index is 1.40. The lowest BCUT2D eigenvalue weighted by Crippen LogP contribution is -2.21. The maximum absolute atomic E-state index is 5.45. The zero-order chi connectivity index (χ0) is 19.8. The van der Waals surface area contributed by atoms with Gasteiger partial charge < -0.3 is 14.6 Å². The van der Waals surface area contributed by atoms with E-state index in [-0.39, 0.29) is 0 Å². The largest absolute Gasteiger partial charge is 0.495 e. The lowest BCUT2D eigenvalue weighted by molar-refractivity contribution is 0.412. The van der Waals surface area contributed by atoms with Gasteiger partial charge in [-0.25, -0.2) is 9.97 Å². The van der Waals surface area contributed by atoms with Crippen LogP contribution in [0.1, 0.15) is 37.7 Å². The Hall–Kier alpha value is -2.12. The Labute approximate surface area is 182 Å². The number of benzene rings is 2. The molecule has 0 bridgehead atoms. The van der Waals surface area contributed by atoms with Crippen LogP contribution in [0.25, 0.3) is 21.3 Å². The van der Waals surface area contributed by atoms with Crippen molar-refractivity contribution in [3.05, 3.63) is 46.7 Å². The molecule has 1 saturated carbocycles. The molecule has 5 rings (SSSR count). The molecule has 7 heteroatoms. The molecule has 0 atom stereocenters. The van der Waals surface area contributed by atoms with Crippen LogP contribution >= 0.6 is 27.3 Å². The van der Waals surface area contributed by atoms with E-state index in [0.717, 1.165) is 38.4 Å². The smallest absolute Gasteiger partial charge is 0.184 e. The predicted octanol–water partition coefficient (Wildman–Crippen LogP) is 6.21. The van der Waals surface area contributed by atoms with Crippen molar-refractivity contribution >= 4 is 53.6 Å². The van der Waals surface area contributed by atoms with Gasteiger partial charge in [0.1, 0.15) is 5.75 Å². The molecule has 1 aliphatic carbocycles. The lowest BCUT2D eigenvalue weighted by Gasteiger charge is -2.22. The highest BCUT2D eigenvalue weighted by molar-refractivity contribution is 9.10. The topological polar surface area (TPSA) is 52.0 Å². The van der Waals surface area contributed by atoms with Gasteiger partial charge in [0.05, 0.1) is 39.2 Å². The van der Waals surface area contributed by atoms with Crippen molar-refractivity contribution in [1.82, 2.24) is 14.5 Å². The van der Waals surface area contributed by atoms with Gasteiger partial charge in [0.2, 0.25) is 0 Å². The number of hydrogen-bond acceptors (Lipinski definition) is 5. The lowest BCUT2D eigenvalue weighted by atomic mass is 9.96. The summed E-state index contributed by atoms with van der Waals surface area (Å²) in [4.78, 5) is 9.33. The summed E-state index contributed by atoms with van der Waals surface area (Å²) in [5.74, 6) is 0.815. The molecule has 29 heavy (non-hydrogen) atoms. The van der Waals surface area contributed by atoms with Crippen LogP contribution in [-0.4, -0.2) is 27.7 Å². The number of halogens is 1. The maximum atomic E-state index is 5.45. The van der Waals surface area contributed by atoms with E-state index >= 15 is 0 Å². The fraction of sp³-hybridized carbons (Fsp3) is 0.364. The van der Waals surface area contributed by atoms with Gasteiger partial charge in [-0.05, 0) is 52.5 Å². The molecule has 1 N–H and O–H groups in total. The maximum Gasteiger partial charge on any atom is 0.184 e. The van der Waals surface area contributed by atoms with Crippen LogP contribution in [-0.2, 0) is 6.54 Å². The minimum Gasteiger partial charge on any atom is -0.495 e. The SMILES string of the molecule is COc1cc2c(cc1Br)ncn2Cc1ccc2nc(NC3CCCCC3)sc2c1. The zero-order valence-electron chi connectivity index (χ0n) is 16.3. The molecule has 0 aliphatic heterocycles. The summed E-state index contributed by atoms with van der Waals surface area (Å²) in [7, 11) is 1.68. The van der Waals surface area contributed by atoms with Crippen molar-refractivity contribution in [2.45, 2.75) is 44.7 Å². The number of aromatic nitrogens is 3. The first-order valence-corrected chi connectivity index (χ1v) is 11.6. The normalized spacial score (nSPS) is 15.2. The number of ether oxygens (including phenoxy) is 1. The summed E-state index contributed by atoms with van der Waals surface area (Å²) in [6.07, 6.45) is 8.43. The van der Waals surface area contributed by atoms with E-state index in [0.29, 0.717) is 6.04 Å². The number of imidazole rings is 1. The fourth-order valence-corrected chi connectivity index (χ4v) is 5.59. The van der Waals surface area contributed by atoms with Crippen LogP contribution in [0.4, 0.5) is 5.13 Å². The number of anilines is 1. The fourth-order valence-electron chi connectivity index (χ4n) is 4.09. The van der Waals surface area contributed by atoms with Gasteiger partial charge in [-0.2, -0.15) is 0 Å². The van der Waals surface area contributed by atoms with Crippen molar-refractivity contribution in [2.24, 2.45) is 0 Å². The Morgan fingerprint density at radius 2 is 2.03 bits per heavy atom. The number of nitrogens with one attached hydrogen (secondary N) is 1. The standard InChI is InChI=1S/C22H23BrN4OS/c1-28-20-11-19-18(10-16(20)23)24-13-27(19)12-14-7-8-17-21(9-14)29-22(26-17)25-15-5-3-2-4-6-15/h7-11,13,15H,2-6,12H2,1H3,(H,25,26). The Bertz CT molecular complexity index is 1160. The van der Waals surface area contributed by atoms with Gasteiger partial charge in [-0.15, -0.1) is 0 Å². The Morgan fingerprint density at radius 1 is 1.17 bits per heavy atom. The van der Waals surface area contributed by atoms with Gasteiger partial charge in [-0.1, -0.05) is 36.7 Å². The molecule has 1 fully saturated rings. The van der Waals surface area contributed by atoms with Crippen molar-refractivity contribution < 1.29 is 4.74 Å². The van der Waals surface area contributed by atoms with E-state index in [1.165, 1.54) is 42.4 Å². The average Bonchev–Trinajstić information content (AvgIpc) is 3.31. The number of rotatable bonds is 5. The van der Waals surface area contributed by atoms with E-state index in [1.54, 1.807) is 18.4 Å². The highest BCUT2D eigenvalue weighted by Crippen LogP contribution is 2.32. The second kappa shape index (κ2) is 7.95. The summed E-state index contributed by atoms with van der Waals surface area (Å²) in [6.45, 7) is 0.764. The molecule has 4 aromatic rings. The molecule has 150 valence electrons. The summed E-state index contributed by atoms with van der Waals surface area (Å²) >= 11 is 5.29. The zero-order valence-corrected chi connectivity index (χ0v) is 18.7. The molecule has 2 heterocycles. The third kappa shape index (κ3) is 3.85. The predicted molar refractivity (Wildman–Crippen MR) is 123 cm³/mol. The van der Waals surface area contributed by atoms with E-state index in [4.69, 9.17) is 9.72 Å². The average molecular weight is 471 g/mol. The minimum absolute atomic E-state index is 0.579. The highest BCUT2D eigenvalue weighted by Gasteiger charge is 2.15. The van der Waals surface area contributed by atoms with Crippen molar-refractivity contribution in [2.75, 3.05) is 12.4 Å². The quantitative estimate of drug-likeness (QED) is 0.376. The van der Waals surface area contributed by atoms with E-state index < -0.39 is 0 Å². The van der Waals surface area contributed by atoms with Gasteiger partial charge in [0.15, 0.2) is 5.13 Å². The molecule has 1 aliphatic rings. The molecule has 0 saturated heterocycles. The van der Waals surface area contributed by atoms with Crippen LogP contribution in [0.3, 0.4) is 0 Å². The first-order chi connectivity index (χ1) is 14.2. The second-order valence-electron chi connectivity index (χ2n) is 7.65. The van der Waals surface area contributed by atoms with Gasteiger partial charge in [0, 0.05) is 18.7 Å². The Kier molecular flexibility index (Phi) is 5.18. The van der Waals surface area contributed by atoms with Crippen molar-refractivity contribution in [3.63, 3.8) is 0 Å². The molecule has 0 radical (unpaired) electrons. The van der Waals surface area contributed by atoms with Crippen LogP contribution in [0.5, 0.6) is 5.75 Å². The number of methoxy groups -OCH3 is 1. The van der Waals surface area contributed by atoms with Crippen LogP contribution in [0, 0.1) is 0 Å². The van der Waals surface area contributed by atoms with Gasteiger partial charge in [0.25, 0.3) is 0 Å². The first-order valence-electron chi connectivity index (χ1n) is 10.0. The number of hydrogen-bond donors (Lipinski definition) is 1. The summed E-state index contributed by atoms with van der Waals surface area (Å²) in [6, 6.07) is 11.2. The summed E-state index contributed by atoms with van der Waals surface area (Å²) < 4.78 is 9.75. The molecule has 5 nitrogen and oxygen atoms in total. The van der Waals surface area contributed by atoms with E-state index in [1.807, 2.05) is 18.5 Å². The highest BCUT2D eigenvalue weighted by atomic mass is 79.9. The van der Waals surface area contributed by atoms with Crippen molar-refractivity contribution in [1.29, 1.82) is 0 Å². The molecular formula is C22H23BrN4OS. The van der Waals surface area contributed by atoms with Gasteiger partial charge in [-0.3, -0.25) is 0 Å². The van der Waals surface area contributed by atoms with Crippen molar-refractivity contribution in [3.8, 4) is 5.75 Å². The summed E-state index contributed by atoms with van der Waals surface area (Å²) in [5.41, 5.74) is 4.33. The number of fused-ring (bicyclic) bond motifs is 2. The second-order valence-corrected chi connectivity index (χ2v) is 9.53. The van der Waals surface area contributed by atoms with Gasteiger partial charge >= 0.3 is 0 Å². The monoisotopic (exact) mass is 470 g/mol. The molecular weight excluding hydrogens is 448 g/mol. The summed E-state index contributed by atoms with van der Waals surface area (Å²) in [5, 5.41) is 4.70. The Morgan fingerprint density at radius 3 is 2.86 bits per heavy atom. The van der Waals surface area contributed by atoms with Crippen LogP contribution < -0.4 is 10.1 Å². The number of nitrogens with zero attached hydrogens (tertiary/aromatic N) is 3. The molecule has 2 aromatic carbocycles. The van der Waals surface area contributed by atoms with E-state index in [2.05, 4.69) is 49.0 Å².